The number of nitrogens with one attached hydrogen (secondary N) is 2. The van der Waals surface area contributed by atoms with E-state index in [4.69, 9.17) is 0 Å². The molecule has 0 bridgehead atoms. The van der Waals surface area contributed by atoms with Crippen LogP contribution in [0.1, 0.15) is 61.8 Å². The molecule has 0 aliphatic rings. The molecule has 2 atom stereocenters. The third-order valence-corrected chi connectivity index (χ3v) is 5.44. The van der Waals surface area contributed by atoms with E-state index in [2.05, 4.69) is 86.7 Å². The number of benzene rings is 2. The van der Waals surface area contributed by atoms with Crippen LogP contribution in [0.4, 0.5) is 0 Å². The highest BCUT2D eigenvalue weighted by Crippen LogP contribution is 2.35. The number of aryl methyl sites for hydroxylation is 2. The van der Waals surface area contributed by atoms with Gasteiger partial charge >= 0.3 is 0 Å². The van der Waals surface area contributed by atoms with E-state index in [1.165, 1.54) is 33.2 Å². The van der Waals surface area contributed by atoms with E-state index in [1.54, 1.807) is 0 Å². The Kier molecular flexibility index (Phi) is 6.00. The number of carbonyl (C=O) groups is 1. The standard InChI is InChI=1S/C24H30N2O/c1-5-17(4)26-23(27)14-21(19-11-7-9-16(3)13-19)22-15-25-24-18(6-2)10-8-12-20(22)24/h7-13,15,17,21,25H,5-6,14H2,1-4H3,(H,26,27)/t17-,21-/m0/s1. The fourth-order valence-corrected chi connectivity index (χ4v) is 3.74. The number of fused-ring (bicyclic) bond motifs is 1. The number of hydrogen-bond donors (Lipinski definition) is 2. The molecule has 1 amide bonds. The lowest BCUT2D eigenvalue weighted by molar-refractivity contribution is -0.121. The molecule has 3 nitrogen and oxygen atoms in total. The third-order valence-electron chi connectivity index (χ3n) is 5.44. The first-order valence-corrected chi connectivity index (χ1v) is 9.98. The average Bonchev–Trinajstić information content (AvgIpc) is 3.09. The summed E-state index contributed by atoms with van der Waals surface area (Å²) in [5, 5.41) is 4.35. The Labute approximate surface area is 162 Å². The van der Waals surface area contributed by atoms with Crippen molar-refractivity contribution in [2.45, 2.75) is 58.9 Å². The highest BCUT2D eigenvalue weighted by atomic mass is 16.1. The molecule has 0 unspecified atom stereocenters. The lowest BCUT2D eigenvalue weighted by Gasteiger charge is -2.19. The van der Waals surface area contributed by atoms with Crippen LogP contribution in [0.15, 0.2) is 48.7 Å². The Morgan fingerprint density at radius 2 is 1.93 bits per heavy atom. The fraction of sp³-hybridized carbons (Fsp3) is 0.375. The van der Waals surface area contributed by atoms with E-state index in [9.17, 15) is 4.79 Å². The molecular formula is C24H30N2O. The minimum Gasteiger partial charge on any atom is -0.361 e. The van der Waals surface area contributed by atoms with E-state index >= 15 is 0 Å². The summed E-state index contributed by atoms with van der Waals surface area (Å²) in [5.41, 5.74) is 6.11. The van der Waals surface area contributed by atoms with Crippen molar-refractivity contribution >= 4 is 16.8 Å². The van der Waals surface area contributed by atoms with Gasteiger partial charge in [-0.2, -0.15) is 0 Å². The molecule has 0 saturated carbocycles. The molecule has 0 aliphatic heterocycles. The molecule has 2 N–H and O–H groups in total. The van der Waals surface area contributed by atoms with Gasteiger partial charge in [0.2, 0.25) is 5.91 Å². The summed E-state index contributed by atoms with van der Waals surface area (Å²) in [5.74, 6) is 0.145. The van der Waals surface area contributed by atoms with Gasteiger partial charge in [0, 0.05) is 35.5 Å². The number of aromatic amines is 1. The van der Waals surface area contributed by atoms with E-state index in [0.29, 0.717) is 6.42 Å². The number of rotatable bonds is 7. The summed E-state index contributed by atoms with van der Waals surface area (Å²) < 4.78 is 0. The molecule has 0 aliphatic carbocycles. The molecule has 3 heteroatoms. The first-order chi connectivity index (χ1) is 13.0. The van der Waals surface area contributed by atoms with Crippen LogP contribution in [0.5, 0.6) is 0 Å². The van der Waals surface area contributed by atoms with E-state index in [1.807, 2.05) is 0 Å². The van der Waals surface area contributed by atoms with E-state index in [0.717, 1.165) is 12.8 Å². The van der Waals surface area contributed by atoms with Crippen molar-refractivity contribution in [2.75, 3.05) is 0 Å². The van der Waals surface area contributed by atoms with Gasteiger partial charge in [0.05, 0.1) is 0 Å². The number of para-hydroxylation sites is 1. The first-order valence-electron chi connectivity index (χ1n) is 9.98. The maximum Gasteiger partial charge on any atom is 0.221 e. The molecule has 27 heavy (non-hydrogen) atoms. The van der Waals surface area contributed by atoms with Crippen molar-refractivity contribution in [3.8, 4) is 0 Å². The Morgan fingerprint density at radius 1 is 1.15 bits per heavy atom. The normalized spacial score (nSPS) is 13.5. The molecule has 1 heterocycles. The molecular weight excluding hydrogens is 332 g/mol. The zero-order valence-electron chi connectivity index (χ0n) is 16.8. The Morgan fingerprint density at radius 3 is 2.63 bits per heavy atom. The molecule has 0 fully saturated rings. The molecule has 3 aromatic rings. The Hall–Kier alpha value is -2.55. The quantitative estimate of drug-likeness (QED) is 0.575. The average molecular weight is 363 g/mol. The zero-order chi connectivity index (χ0) is 19.4. The number of aromatic nitrogens is 1. The number of H-pyrrole nitrogens is 1. The Balaban J connectivity index is 2.03. The summed E-state index contributed by atoms with van der Waals surface area (Å²) in [6, 6.07) is 15.2. The van der Waals surface area contributed by atoms with Crippen LogP contribution in [0.25, 0.3) is 10.9 Å². The SMILES string of the molecule is CCc1cccc2c([C@@H](CC(=O)N[C@@H](C)CC)c3cccc(C)c3)c[nH]c12. The van der Waals surface area contributed by atoms with Crippen molar-refractivity contribution in [3.05, 3.63) is 70.9 Å². The number of carbonyl (C=O) groups excluding carboxylic acids is 1. The van der Waals surface area contributed by atoms with Crippen LogP contribution in [-0.4, -0.2) is 16.9 Å². The molecule has 2 aromatic carbocycles. The second kappa shape index (κ2) is 8.43. The van der Waals surface area contributed by atoms with Gasteiger partial charge < -0.3 is 10.3 Å². The minimum atomic E-state index is 0.0369. The van der Waals surface area contributed by atoms with Gasteiger partial charge in [-0.15, -0.1) is 0 Å². The largest absolute Gasteiger partial charge is 0.361 e. The van der Waals surface area contributed by atoms with Gasteiger partial charge in [-0.3, -0.25) is 4.79 Å². The highest BCUT2D eigenvalue weighted by molar-refractivity contribution is 5.88. The fourth-order valence-electron chi connectivity index (χ4n) is 3.74. The van der Waals surface area contributed by atoms with Crippen LogP contribution in [0.3, 0.4) is 0 Å². The van der Waals surface area contributed by atoms with Gasteiger partial charge in [-0.1, -0.05) is 61.9 Å². The van der Waals surface area contributed by atoms with Gasteiger partial charge in [0.25, 0.3) is 0 Å². The van der Waals surface area contributed by atoms with E-state index in [-0.39, 0.29) is 17.9 Å². The predicted molar refractivity (Wildman–Crippen MR) is 113 cm³/mol. The number of amides is 1. The van der Waals surface area contributed by atoms with Gasteiger partial charge in [-0.05, 0) is 43.4 Å². The third kappa shape index (κ3) is 4.24. The summed E-state index contributed by atoms with van der Waals surface area (Å²) in [6.07, 6.45) is 4.47. The van der Waals surface area contributed by atoms with Crippen LogP contribution in [0.2, 0.25) is 0 Å². The van der Waals surface area contributed by atoms with Crippen molar-refractivity contribution in [3.63, 3.8) is 0 Å². The number of hydrogen-bond acceptors (Lipinski definition) is 1. The van der Waals surface area contributed by atoms with Crippen molar-refractivity contribution in [1.82, 2.24) is 10.3 Å². The smallest absolute Gasteiger partial charge is 0.221 e. The summed E-state index contributed by atoms with van der Waals surface area (Å²) >= 11 is 0. The zero-order valence-corrected chi connectivity index (χ0v) is 16.8. The van der Waals surface area contributed by atoms with Crippen LogP contribution in [0, 0.1) is 6.92 Å². The van der Waals surface area contributed by atoms with Gasteiger partial charge in [0.15, 0.2) is 0 Å². The predicted octanol–water partition coefficient (Wildman–Crippen LogP) is 5.48. The summed E-state index contributed by atoms with van der Waals surface area (Å²) in [4.78, 5) is 16.2. The van der Waals surface area contributed by atoms with Crippen LogP contribution >= 0.6 is 0 Å². The van der Waals surface area contributed by atoms with Crippen molar-refractivity contribution < 1.29 is 4.79 Å². The summed E-state index contributed by atoms with van der Waals surface area (Å²) in [6.45, 7) is 8.42. The molecule has 0 saturated heterocycles. The van der Waals surface area contributed by atoms with Crippen molar-refractivity contribution in [2.24, 2.45) is 0 Å². The van der Waals surface area contributed by atoms with Crippen LogP contribution in [-0.2, 0) is 11.2 Å². The lowest BCUT2D eigenvalue weighted by Crippen LogP contribution is -2.33. The molecule has 0 radical (unpaired) electrons. The molecule has 142 valence electrons. The Bertz CT molecular complexity index is 925. The molecule has 3 rings (SSSR count). The van der Waals surface area contributed by atoms with Crippen molar-refractivity contribution in [1.29, 1.82) is 0 Å². The second-order valence-electron chi connectivity index (χ2n) is 7.48. The maximum absolute atomic E-state index is 12.7. The second-order valence-corrected chi connectivity index (χ2v) is 7.48. The molecule has 0 spiro atoms. The maximum atomic E-state index is 12.7. The lowest BCUT2D eigenvalue weighted by atomic mass is 9.87. The van der Waals surface area contributed by atoms with Gasteiger partial charge in [-0.25, -0.2) is 0 Å². The van der Waals surface area contributed by atoms with Crippen LogP contribution < -0.4 is 5.32 Å². The van der Waals surface area contributed by atoms with E-state index < -0.39 is 0 Å². The van der Waals surface area contributed by atoms with Gasteiger partial charge in [0.1, 0.15) is 0 Å². The monoisotopic (exact) mass is 362 g/mol. The highest BCUT2D eigenvalue weighted by Gasteiger charge is 2.22. The molecule has 1 aromatic heterocycles. The minimum absolute atomic E-state index is 0.0369. The summed E-state index contributed by atoms with van der Waals surface area (Å²) in [7, 11) is 0. The first kappa shape index (κ1) is 19.2. The topological polar surface area (TPSA) is 44.9 Å².